The second-order valence-corrected chi connectivity index (χ2v) is 5.99. The zero-order chi connectivity index (χ0) is 14.9. The number of para-hydroxylation sites is 1. The fraction of sp³-hybridized carbons (Fsp3) is 0.412. The molecule has 1 aromatic heterocycles. The normalized spacial score (nSPS) is 15.9. The van der Waals surface area contributed by atoms with Crippen LogP contribution in [-0.4, -0.2) is 22.6 Å². The Balaban J connectivity index is 1.89. The number of nitrogens with zero attached hydrogens (tertiary/aromatic N) is 1. The number of aromatic carboxylic acids is 1. The molecule has 1 aliphatic carbocycles. The monoisotopic (exact) mass is 284 g/mol. The molecular weight excluding hydrogens is 264 g/mol. The first-order valence-electron chi connectivity index (χ1n) is 7.50. The van der Waals surface area contributed by atoms with Crippen molar-refractivity contribution in [3.05, 3.63) is 35.9 Å². The molecule has 2 aromatic rings. The van der Waals surface area contributed by atoms with Crippen LogP contribution in [-0.2, 0) is 0 Å². The molecule has 1 aliphatic rings. The number of aromatic nitrogens is 1. The molecule has 1 saturated carbocycles. The Morgan fingerprint density at radius 1 is 1.38 bits per heavy atom. The van der Waals surface area contributed by atoms with Crippen LogP contribution in [0.1, 0.15) is 43.0 Å². The summed E-state index contributed by atoms with van der Waals surface area (Å²) in [5, 5.41) is 13.5. The lowest BCUT2D eigenvalue weighted by Gasteiger charge is -2.17. The van der Waals surface area contributed by atoms with Crippen LogP contribution in [0.25, 0.3) is 10.9 Å². The standard InChI is InChI=1S/C17H20N2O2/c1-2-7-17(8-9-17)11-18-15-13(16(20)21)10-12-5-3-4-6-14(12)19-15/h3-6,10H,2,7-9,11H2,1H3,(H,18,19)(H,20,21). The van der Waals surface area contributed by atoms with E-state index in [0.29, 0.717) is 11.2 Å². The minimum Gasteiger partial charge on any atom is -0.478 e. The van der Waals surface area contributed by atoms with Crippen LogP contribution in [0.5, 0.6) is 0 Å². The third-order valence-corrected chi connectivity index (χ3v) is 4.32. The average Bonchev–Trinajstić information content (AvgIpc) is 3.24. The van der Waals surface area contributed by atoms with Crippen LogP contribution >= 0.6 is 0 Å². The van der Waals surface area contributed by atoms with Gasteiger partial charge in [-0.3, -0.25) is 0 Å². The Kier molecular flexibility index (Phi) is 3.53. The Bertz CT molecular complexity index is 678. The van der Waals surface area contributed by atoms with Crippen molar-refractivity contribution >= 4 is 22.7 Å². The van der Waals surface area contributed by atoms with E-state index in [-0.39, 0.29) is 5.56 Å². The summed E-state index contributed by atoms with van der Waals surface area (Å²) in [5.41, 5.74) is 1.43. The topological polar surface area (TPSA) is 62.2 Å². The summed E-state index contributed by atoms with van der Waals surface area (Å²) in [6.07, 6.45) is 4.81. The molecule has 0 spiro atoms. The van der Waals surface area contributed by atoms with Crippen molar-refractivity contribution in [1.82, 2.24) is 4.98 Å². The van der Waals surface area contributed by atoms with Gasteiger partial charge in [0.2, 0.25) is 0 Å². The zero-order valence-corrected chi connectivity index (χ0v) is 12.2. The number of benzene rings is 1. The third-order valence-electron chi connectivity index (χ3n) is 4.32. The number of carbonyl (C=O) groups is 1. The van der Waals surface area contributed by atoms with E-state index in [0.717, 1.165) is 17.4 Å². The number of fused-ring (bicyclic) bond motifs is 1. The lowest BCUT2D eigenvalue weighted by atomic mass is 10.0. The van der Waals surface area contributed by atoms with Crippen molar-refractivity contribution in [2.45, 2.75) is 32.6 Å². The van der Waals surface area contributed by atoms with Crippen LogP contribution in [0, 0.1) is 5.41 Å². The van der Waals surface area contributed by atoms with Crippen LogP contribution in [0.15, 0.2) is 30.3 Å². The van der Waals surface area contributed by atoms with Gasteiger partial charge in [0.15, 0.2) is 0 Å². The Hall–Kier alpha value is -2.10. The first kappa shape index (κ1) is 13.9. The molecule has 0 bridgehead atoms. The van der Waals surface area contributed by atoms with Crippen molar-refractivity contribution in [2.75, 3.05) is 11.9 Å². The molecule has 1 aromatic carbocycles. The molecule has 0 unspecified atom stereocenters. The second-order valence-electron chi connectivity index (χ2n) is 5.99. The Morgan fingerprint density at radius 3 is 2.81 bits per heavy atom. The number of carboxylic acids is 1. The third kappa shape index (κ3) is 2.84. The Labute approximate surface area is 124 Å². The summed E-state index contributed by atoms with van der Waals surface area (Å²) in [4.78, 5) is 15.9. The lowest BCUT2D eigenvalue weighted by molar-refractivity contribution is 0.0697. The highest BCUT2D eigenvalue weighted by Gasteiger charge is 2.41. The molecule has 21 heavy (non-hydrogen) atoms. The molecule has 1 heterocycles. The quantitative estimate of drug-likeness (QED) is 0.843. The summed E-state index contributed by atoms with van der Waals surface area (Å²) >= 11 is 0. The number of hydrogen-bond donors (Lipinski definition) is 2. The number of nitrogens with one attached hydrogen (secondary N) is 1. The average molecular weight is 284 g/mol. The van der Waals surface area contributed by atoms with Gasteiger partial charge < -0.3 is 10.4 Å². The number of hydrogen-bond acceptors (Lipinski definition) is 3. The van der Waals surface area contributed by atoms with Crippen LogP contribution in [0.3, 0.4) is 0 Å². The van der Waals surface area contributed by atoms with Gasteiger partial charge in [-0.25, -0.2) is 9.78 Å². The van der Waals surface area contributed by atoms with Gasteiger partial charge in [-0.15, -0.1) is 0 Å². The van der Waals surface area contributed by atoms with Gasteiger partial charge in [0.05, 0.1) is 5.52 Å². The molecule has 3 rings (SSSR count). The molecule has 0 radical (unpaired) electrons. The van der Waals surface area contributed by atoms with Crippen molar-refractivity contribution in [1.29, 1.82) is 0 Å². The molecule has 0 amide bonds. The van der Waals surface area contributed by atoms with Crippen molar-refractivity contribution < 1.29 is 9.90 Å². The molecular formula is C17H20N2O2. The van der Waals surface area contributed by atoms with E-state index in [1.807, 2.05) is 24.3 Å². The molecule has 1 fully saturated rings. The minimum atomic E-state index is -0.934. The maximum absolute atomic E-state index is 11.5. The van der Waals surface area contributed by atoms with Gasteiger partial charge in [-0.2, -0.15) is 0 Å². The first-order chi connectivity index (χ1) is 10.1. The smallest absolute Gasteiger partial charge is 0.339 e. The van der Waals surface area contributed by atoms with Gasteiger partial charge >= 0.3 is 5.97 Å². The van der Waals surface area contributed by atoms with Gasteiger partial charge in [0.1, 0.15) is 11.4 Å². The summed E-state index contributed by atoms with van der Waals surface area (Å²) in [5.74, 6) is -0.445. The zero-order valence-electron chi connectivity index (χ0n) is 12.2. The number of anilines is 1. The summed E-state index contributed by atoms with van der Waals surface area (Å²) in [7, 11) is 0. The van der Waals surface area contributed by atoms with E-state index in [9.17, 15) is 9.90 Å². The van der Waals surface area contributed by atoms with E-state index in [2.05, 4.69) is 17.2 Å². The highest BCUT2D eigenvalue weighted by atomic mass is 16.4. The van der Waals surface area contributed by atoms with Gasteiger partial charge in [-0.05, 0) is 36.8 Å². The van der Waals surface area contributed by atoms with E-state index >= 15 is 0 Å². The summed E-state index contributed by atoms with van der Waals surface area (Å²) in [6, 6.07) is 9.30. The Morgan fingerprint density at radius 2 is 2.14 bits per heavy atom. The van der Waals surface area contributed by atoms with Gasteiger partial charge in [-0.1, -0.05) is 31.5 Å². The van der Waals surface area contributed by atoms with Crippen molar-refractivity contribution in [3.8, 4) is 0 Å². The number of carboxylic acid groups (broad SMARTS) is 1. The van der Waals surface area contributed by atoms with Crippen molar-refractivity contribution in [3.63, 3.8) is 0 Å². The molecule has 0 saturated heterocycles. The fourth-order valence-corrected chi connectivity index (χ4v) is 2.91. The molecule has 0 atom stereocenters. The SMILES string of the molecule is CCCC1(CNc2nc3ccccc3cc2C(=O)O)CC1. The summed E-state index contributed by atoms with van der Waals surface area (Å²) in [6.45, 7) is 3.00. The van der Waals surface area contributed by atoms with Crippen LogP contribution < -0.4 is 5.32 Å². The van der Waals surface area contributed by atoms with Gasteiger partial charge in [0, 0.05) is 11.9 Å². The largest absolute Gasteiger partial charge is 0.478 e. The number of rotatable bonds is 6. The first-order valence-corrected chi connectivity index (χ1v) is 7.50. The molecule has 0 aliphatic heterocycles. The van der Waals surface area contributed by atoms with Crippen LogP contribution in [0.2, 0.25) is 0 Å². The van der Waals surface area contributed by atoms with Gasteiger partial charge in [0.25, 0.3) is 0 Å². The molecule has 4 heteroatoms. The van der Waals surface area contributed by atoms with Crippen molar-refractivity contribution in [2.24, 2.45) is 5.41 Å². The highest BCUT2D eigenvalue weighted by molar-refractivity contribution is 5.98. The van der Waals surface area contributed by atoms with E-state index in [4.69, 9.17) is 0 Å². The predicted octanol–water partition coefficient (Wildman–Crippen LogP) is 3.93. The molecule has 4 nitrogen and oxygen atoms in total. The van der Waals surface area contributed by atoms with E-state index < -0.39 is 5.97 Å². The molecule has 2 N–H and O–H groups in total. The van der Waals surface area contributed by atoms with E-state index in [1.165, 1.54) is 25.7 Å². The maximum atomic E-state index is 11.5. The highest BCUT2D eigenvalue weighted by Crippen LogP contribution is 2.49. The lowest BCUT2D eigenvalue weighted by Crippen LogP contribution is -2.18. The summed E-state index contributed by atoms with van der Waals surface area (Å²) < 4.78 is 0. The fourth-order valence-electron chi connectivity index (χ4n) is 2.91. The minimum absolute atomic E-state index is 0.251. The van der Waals surface area contributed by atoms with E-state index in [1.54, 1.807) is 6.07 Å². The number of pyridine rings is 1. The van der Waals surface area contributed by atoms with Crippen LogP contribution in [0.4, 0.5) is 5.82 Å². The molecule has 110 valence electrons. The second kappa shape index (κ2) is 5.35. The maximum Gasteiger partial charge on any atom is 0.339 e. The predicted molar refractivity (Wildman–Crippen MR) is 83.8 cm³/mol.